The van der Waals surface area contributed by atoms with Crippen molar-refractivity contribution in [3.05, 3.63) is 60.5 Å². The molecule has 170 valence electrons. The van der Waals surface area contributed by atoms with Gasteiger partial charge in [-0.05, 0) is 44.2 Å². The van der Waals surface area contributed by atoms with Gasteiger partial charge in [0.2, 0.25) is 0 Å². The first-order valence-electron chi connectivity index (χ1n) is 11.2. The van der Waals surface area contributed by atoms with E-state index >= 15 is 0 Å². The number of hydrogen-bond donors (Lipinski definition) is 0. The lowest BCUT2D eigenvalue weighted by Crippen LogP contribution is -2.43. The second-order valence-corrected chi connectivity index (χ2v) is 8.69. The molecule has 34 heavy (non-hydrogen) atoms. The number of pyridine rings is 1. The summed E-state index contributed by atoms with van der Waals surface area (Å²) in [4.78, 5) is 32.2. The minimum atomic E-state index is -0.164. The fourth-order valence-corrected chi connectivity index (χ4v) is 4.35. The number of rotatable bonds is 3. The van der Waals surface area contributed by atoms with Gasteiger partial charge in [-0.3, -0.25) is 9.69 Å². The second-order valence-electron chi connectivity index (χ2n) is 8.69. The molecule has 0 atom stereocenters. The number of furan rings is 1. The molecule has 5 heterocycles. The monoisotopic (exact) mass is 453 g/mol. The van der Waals surface area contributed by atoms with Crippen molar-refractivity contribution in [2.45, 2.75) is 19.9 Å². The number of aromatic nitrogens is 5. The number of para-hydroxylation sites is 2. The normalized spacial score (nSPS) is 13.8. The van der Waals surface area contributed by atoms with Crippen molar-refractivity contribution >= 4 is 39.6 Å². The Morgan fingerprint density at radius 3 is 2.47 bits per heavy atom. The quantitative estimate of drug-likeness (QED) is 0.402. The first-order chi connectivity index (χ1) is 16.5. The molecule has 0 bridgehead atoms. The first kappa shape index (κ1) is 20.3. The van der Waals surface area contributed by atoms with Gasteiger partial charge in [0.05, 0.1) is 34.4 Å². The van der Waals surface area contributed by atoms with Crippen LogP contribution in [0.3, 0.4) is 0 Å². The van der Waals surface area contributed by atoms with E-state index in [0.717, 1.165) is 11.0 Å². The van der Waals surface area contributed by atoms with Crippen LogP contribution in [0.1, 0.15) is 30.2 Å². The molecule has 0 fully saturated rings. The largest absolute Gasteiger partial charge is 0.463 e. The molecule has 5 aromatic rings. The summed E-state index contributed by atoms with van der Waals surface area (Å²) in [6.45, 7) is 5.21. The number of amides is 1. The third-order valence-electron chi connectivity index (χ3n) is 6.12. The Kier molecular flexibility index (Phi) is 4.58. The molecule has 0 N–H and O–H groups in total. The standard InChI is InChI=1S/C25H23N7O2/c1-15(2)32-22-17(14-26-32)16(13-20(29-22)21-9-6-12-34-21)25(33)31-11-10-30(3)23-24(31)28-19-8-5-4-7-18(19)27-23/h4-9,12-15H,10-11H2,1-3H3. The number of fused-ring (bicyclic) bond motifs is 3. The number of benzene rings is 1. The number of likely N-dealkylation sites (N-methyl/N-ethyl adjacent to an activating group) is 1. The molecule has 1 aromatic carbocycles. The smallest absolute Gasteiger partial charge is 0.260 e. The molecule has 0 radical (unpaired) electrons. The molecule has 9 nitrogen and oxygen atoms in total. The van der Waals surface area contributed by atoms with Gasteiger partial charge in [-0.1, -0.05) is 12.1 Å². The lowest BCUT2D eigenvalue weighted by molar-refractivity contribution is 0.0987. The van der Waals surface area contributed by atoms with E-state index in [9.17, 15) is 4.79 Å². The molecule has 0 saturated carbocycles. The van der Waals surface area contributed by atoms with Crippen molar-refractivity contribution in [1.29, 1.82) is 0 Å². The van der Waals surface area contributed by atoms with Crippen LogP contribution in [0.15, 0.2) is 59.3 Å². The summed E-state index contributed by atoms with van der Waals surface area (Å²) in [6, 6.07) is 13.2. The molecule has 0 spiro atoms. The summed E-state index contributed by atoms with van der Waals surface area (Å²) in [5.74, 6) is 1.67. The molecular formula is C25H23N7O2. The summed E-state index contributed by atoms with van der Waals surface area (Å²) in [5.41, 5.74) is 3.28. The fourth-order valence-electron chi connectivity index (χ4n) is 4.35. The molecule has 0 unspecified atom stereocenters. The molecule has 1 amide bonds. The molecule has 1 aliphatic heterocycles. The van der Waals surface area contributed by atoms with Crippen LogP contribution in [0.4, 0.5) is 11.6 Å². The van der Waals surface area contributed by atoms with Gasteiger partial charge >= 0.3 is 0 Å². The zero-order valence-electron chi connectivity index (χ0n) is 19.1. The Bertz CT molecular complexity index is 1540. The molecule has 9 heteroatoms. The van der Waals surface area contributed by atoms with Gasteiger partial charge in [0.1, 0.15) is 5.69 Å². The van der Waals surface area contributed by atoms with Crippen molar-refractivity contribution in [2.24, 2.45) is 0 Å². The van der Waals surface area contributed by atoms with E-state index in [0.29, 0.717) is 52.8 Å². The van der Waals surface area contributed by atoms with Gasteiger partial charge < -0.3 is 9.32 Å². The van der Waals surface area contributed by atoms with E-state index in [4.69, 9.17) is 19.4 Å². The Morgan fingerprint density at radius 2 is 1.76 bits per heavy atom. The molecule has 0 saturated heterocycles. The van der Waals surface area contributed by atoms with E-state index in [1.54, 1.807) is 29.5 Å². The molecule has 6 rings (SSSR count). The van der Waals surface area contributed by atoms with Crippen LogP contribution in [0.25, 0.3) is 33.5 Å². The summed E-state index contributed by atoms with van der Waals surface area (Å²) >= 11 is 0. The minimum absolute atomic E-state index is 0.0846. The van der Waals surface area contributed by atoms with E-state index in [1.807, 2.05) is 60.8 Å². The summed E-state index contributed by atoms with van der Waals surface area (Å²) in [6.07, 6.45) is 3.31. The SMILES string of the molecule is CC(C)n1ncc2c(C(=O)N3CCN(C)c4nc5ccccc5nc43)cc(-c3ccco3)nc21. The molecule has 4 aromatic heterocycles. The Labute approximate surface area is 195 Å². The van der Waals surface area contributed by atoms with Crippen molar-refractivity contribution in [1.82, 2.24) is 24.7 Å². The zero-order chi connectivity index (χ0) is 23.4. The van der Waals surface area contributed by atoms with Gasteiger partial charge in [-0.25, -0.2) is 19.6 Å². The van der Waals surface area contributed by atoms with Crippen molar-refractivity contribution < 1.29 is 9.21 Å². The Hall–Kier alpha value is -4.27. The highest BCUT2D eigenvalue weighted by atomic mass is 16.3. The predicted octanol–water partition coefficient (Wildman–Crippen LogP) is 4.31. The van der Waals surface area contributed by atoms with Gasteiger partial charge in [-0.2, -0.15) is 5.10 Å². The fraction of sp³-hybridized carbons (Fsp3) is 0.240. The van der Waals surface area contributed by atoms with Crippen LogP contribution >= 0.6 is 0 Å². The number of anilines is 2. The number of hydrogen-bond acceptors (Lipinski definition) is 7. The number of carbonyl (C=O) groups excluding carboxylic acids is 1. The highest BCUT2D eigenvalue weighted by Crippen LogP contribution is 2.34. The molecule has 0 aliphatic carbocycles. The van der Waals surface area contributed by atoms with Gasteiger partial charge in [-0.15, -0.1) is 0 Å². The summed E-state index contributed by atoms with van der Waals surface area (Å²) in [7, 11) is 1.97. The highest BCUT2D eigenvalue weighted by molar-refractivity contribution is 6.14. The predicted molar refractivity (Wildman–Crippen MR) is 130 cm³/mol. The molecule has 1 aliphatic rings. The van der Waals surface area contributed by atoms with Crippen LogP contribution < -0.4 is 9.80 Å². The first-order valence-corrected chi connectivity index (χ1v) is 11.2. The maximum absolute atomic E-state index is 14.1. The van der Waals surface area contributed by atoms with Crippen molar-refractivity contribution in [3.63, 3.8) is 0 Å². The van der Waals surface area contributed by atoms with Gasteiger partial charge in [0.25, 0.3) is 5.91 Å². The Morgan fingerprint density at radius 1 is 1.00 bits per heavy atom. The minimum Gasteiger partial charge on any atom is -0.463 e. The van der Waals surface area contributed by atoms with Crippen molar-refractivity contribution in [3.8, 4) is 11.5 Å². The van der Waals surface area contributed by atoms with E-state index < -0.39 is 0 Å². The second kappa shape index (κ2) is 7.65. The average molecular weight is 454 g/mol. The third-order valence-corrected chi connectivity index (χ3v) is 6.12. The van der Waals surface area contributed by atoms with Gasteiger partial charge in [0.15, 0.2) is 23.0 Å². The van der Waals surface area contributed by atoms with E-state index in [1.165, 1.54) is 0 Å². The highest BCUT2D eigenvalue weighted by Gasteiger charge is 2.31. The zero-order valence-corrected chi connectivity index (χ0v) is 19.1. The third kappa shape index (κ3) is 3.12. The maximum atomic E-state index is 14.1. The van der Waals surface area contributed by atoms with E-state index in [2.05, 4.69) is 5.10 Å². The van der Waals surface area contributed by atoms with Crippen LogP contribution in [-0.2, 0) is 0 Å². The summed E-state index contributed by atoms with van der Waals surface area (Å²) < 4.78 is 7.42. The van der Waals surface area contributed by atoms with Crippen LogP contribution in [0.5, 0.6) is 0 Å². The van der Waals surface area contributed by atoms with Gasteiger partial charge in [0, 0.05) is 26.2 Å². The number of nitrogens with zero attached hydrogens (tertiary/aromatic N) is 7. The maximum Gasteiger partial charge on any atom is 0.260 e. The number of carbonyl (C=O) groups is 1. The van der Waals surface area contributed by atoms with Crippen molar-refractivity contribution in [2.75, 3.05) is 29.9 Å². The van der Waals surface area contributed by atoms with Crippen LogP contribution in [0, 0.1) is 0 Å². The van der Waals surface area contributed by atoms with E-state index in [-0.39, 0.29) is 11.9 Å². The van der Waals surface area contributed by atoms with Crippen LogP contribution in [-0.4, -0.2) is 50.8 Å². The lowest BCUT2D eigenvalue weighted by Gasteiger charge is -2.33. The summed E-state index contributed by atoms with van der Waals surface area (Å²) in [5, 5.41) is 5.22. The molecular weight excluding hydrogens is 430 g/mol. The van der Waals surface area contributed by atoms with Crippen LogP contribution in [0.2, 0.25) is 0 Å². The topological polar surface area (TPSA) is 93.2 Å². The average Bonchev–Trinajstić information content (AvgIpc) is 3.53. The lowest BCUT2D eigenvalue weighted by atomic mass is 10.1. The Balaban J connectivity index is 1.54.